The summed E-state index contributed by atoms with van der Waals surface area (Å²) in [5, 5.41) is 0. The van der Waals surface area contributed by atoms with Gasteiger partial charge in [-0.25, -0.2) is 4.98 Å². The summed E-state index contributed by atoms with van der Waals surface area (Å²) < 4.78 is 2.07. The molecule has 0 unspecified atom stereocenters. The molecule has 0 saturated heterocycles. The predicted molar refractivity (Wildman–Crippen MR) is 47.4 cm³/mol. The topological polar surface area (TPSA) is 17.8 Å². The number of rotatable bonds is 2. The van der Waals surface area contributed by atoms with Gasteiger partial charge in [-0.15, -0.1) is 0 Å². The summed E-state index contributed by atoms with van der Waals surface area (Å²) in [6.07, 6.45) is 3.67. The van der Waals surface area contributed by atoms with Gasteiger partial charge >= 0.3 is 0 Å². The first kappa shape index (κ1) is 8.05. The van der Waals surface area contributed by atoms with Gasteiger partial charge in [-0.3, -0.25) is 0 Å². The molecule has 1 rings (SSSR count). The van der Waals surface area contributed by atoms with Crippen molar-refractivity contribution in [3.8, 4) is 0 Å². The minimum Gasteiger partial charge on any atom is -0.331 e. The van der Waals surface area contributed by atoms with Gasteiger partial charge in [0.1, 0.15) is 5.82 Å². The molecule has 1 aromatic rings. The SMILES string of the molecule is C=Cc1ncc(C(C)C)n1C. The zero-order valence-corrected chi connectivity index (χ0v) is 7.33. The number of aromatic nitrogens is 2. The molecule has 11 heavy (non-hydrogen) atoms. The molecule has 0 spiro atoms. The fourth-order valence-corrected chi connectivity index (χ4v) is 1.16. The van der Waals surface area contributed by atoms with Gasteiger partial charge in [0.2, 0.25) is 0 Å². The maximum Gasteiger partial charge on any atom is 0.131 e. The maximum atomic E-state index is 4.20. The van der Waals surface area contributed by atoms with Crippen molar-refractivity contribution < 1.29 is 0 Å². The lowest BCUT2D eigenvalue weighted by Crippen LogP contribution is -1.99. The van der Waals surface area contributed by atoms with Crippen molar-refractivity contribution in [3.63, 3.8) is 0 Å². The third-order valence-corrected chi connectivity index (χ3v) is 1.83. The normalized spacial score (nSPS) is 10.5. The zero-order valence-electron chi connectivity index (χ0n) is 7.33. The van der Waals surface area contributed by atoms with Crippen LogP contribution in [0.25, 0.3) is 6.08 Å². The number of nitrogens with zero attached hydrogens (tertiary/aromatic N) is 2. The number of hydrogen-bond donors (Lipinski definition) is 0. The maximum absolute atomic E-state index is 4.20. The molecule has 0 aromatic carbocycles. The fourth-order valence-electron chi connectivity index (χ4n) is 1.16. The molecule has 2 heteroatoms. The molecule has 0 atom stereocenters. The molecule has 0 saturated carbocycles. The van der Waals surface area contributed by atoms with Crippen molar-refractivity contribution in [2.24, 2.45) is 7.05 Å². The molecule has 0 fully saturated rings. The molecule has 0 aliphatic carbocycles. The van der Waals surface area contributed by atoms with E-state index < -0.39 is 0 Å². The third kappa shape index (κ3) is 1.34. The van der Waals surface area contributed by atoms with Gasteiger partial charge in [0.25, 0.3) is 0 Å². The van der Waals surface area contributed by atoms with Gasteiger partial charge in [0, 0.05) is 18.9 Å². The molecule has 60 valence electrons. The summed E-state index contributed by atoms with van der Waals surface area (Å²) >= 11 is 0. The van der Waals surface area contributed by atoms with E-state index in [1.165, 1.54) is 5.69 Å². The lowest BCUT2D eigenvalue weighted by Gasteiger charge is -2.05. The molecule has 0 amide bonds. The van der Waals surface area contributed by atoms with Crippen molar-refractivity contribution in [3.05, 3.63) is 24.3 Å². The zero-order chi connectivity index (χ0) is 8.43. The minimum absolute atomic E-state index is 0.529. The van der Waals surface area contributed by atoms with Crippen LogP contribution in [0, 0.1) is 0 Å². The smallest absolute Gasteiger partial charge is 0.131 e. The lowest BCUT2D eigenvalue weighted by atomic mass is 10.1. The molecule has 1 aromatic heterocycles. The van der Waals surface area contributed by atoms with Gasteiger partial charge in [0.15, 0.2) is 0 Å². The average Bonchev–Trinajstić information content (AvgIpc) is 2.30. The Morgan fingerprint density at radius 3 is 2.55 bits per heavy atom. The Hall–Kier alpha value is -1.05. The van der Waals surface area contributed by atoms with Crippen molar-refractivity contribution in [1.29, 1.82) is 0 Å². The molecular formula is C9H14N2. The summed E-state index contributed by atoms with van der Waals surface area (Å²) in [6, 6.07) is 0. The van der Waals surface area contributed by atoms with Crippen molar-refractivity contribution in [2.45, 2.75) is 19.8 Å². The second-order valence-electron chi connectivity index (χ2n) is 2.96. The Kier molecular flexibility index (Phi) is 2.13. The molecule has 0 bridgehead atoms. The fraction of sp³-hybridized carbons (Fsp3) is 0.444. The van der Waals surface area contributed by atoms with E-state index in [1.807, 2.05) is 13.2 Å². The van der Waals surface area contributed by atoms with Gasteiger partial charge < -0.3 is 4.57 Å². The summed E-state index contributed by atoms with van der Waals surface area (Å²) in [4.78, 5) is 4.20. The second-order valence-corrected chi connectivity index (χ2v) is 2.96. The van der Waals surface area contributed by atoms with Gasteiger partial charge in [-0.05, 0) is 12.0 Å². The highest BCUT2D eigenvalue weighted by Gasteiger charge is 2.05. The average molecular weight is 150 g/mol. The van der Waals surface area contributed by atoms with E-state index in [4.69, 9.17) is 0 Å². The van der Waals surface area contributed by atoms with Crippen molar-refractivity contribution in [2.75, 3.05) is 0 Å². The van der Waals surface area contributed by atoms with E-state index in [0.29, 0.717) is 5.92 Å². The van der Waals surface area contributed by atoms with Crippen molar-refractivity contribution in [1.82, 2.24) is 9.55 Å². The first-order valence-electron chi connectivity index (χ1n) is 3.81. The van der Waals surface area contributed by atoms with Crippen LogP contribution in [0.2, 0.25) is 0 Å². The first-order valence-corrected chi connectivity index (χ1v) is 3.81. The Morgan fingerprint density at radius 1 is 1.64 bits per heavy atom. The van der Waals surface area contributed by atoms with Crippen LogP contribution in [-0.2, 0) is 7.05 Å². The highest BCUT2D eigenvalue weighted by Crippen LogP contribution is 2.14. The Labute approximate surface area is 67.6 Å². The third-order valence-electron chi connectivity index (χ3n) is 1.83. The largest absolute Gasteiger partial charge is 0.331 e. The summed E-state index contributed by atoms with van der Waals surface area (Å²) in [7, 11) is 2.01. The standard InChI is InChI=1S/C9H14N2/c1-5-9-10-6-8(7(2)3)11(9)4/h5-7H,1H2,2-4H3. The first-order chi connectivity index (χ1) is 5.16. The Bertz CT molecular complexity index is 259. The summed E-state index contributed by atoms with van der Waals surface area (Å²) in [5.74, 6) is 1.47. The Morgan fingerprint density at radius 2 is 2.27 bits per heavy atom. The minimum atomic E-state index is 0.529. The molecular weight excluding hydrogens is 136 g/mol. The van der Waals surface area contributed by atoms with E-state index in [9.17, 15) is 0 Å². The monoisotopic (exact) mass is 150 g/mol. The van der Waals surface area contributed by atoms with Crippen LogP contribution in [0.1, 0.15) is 31.3 Å². The van der Waals surface area contributed by atoms with E-state index in [-0.39, 0.29) is 0 Å². The van der Waals surface area contributed by atoms with Crippen LogP contribution in [0.4, 0.5) is 0 Å². The highest BCUT2D eigenvalue weighted by molar-refractivity contribution is 5.38. The van der Waals surface area contributed by atoms with Crippen LogP contribution in [0.5, 0.6) is 0 Å². The number of imidazole rings is 1. The second kappa shape index (κ2) is 2.91. The van der Waals surface area contributed by atoms with E-state index in [2.05, 4.69) is 30.0 Å². The van der Waals surface area contributed by atoms with Gasteiger partial charge in [-0.2, -0.15) is 0 Å². The lowest BCUT2D eigenvalue weighted by molar-refractivity contribution is 0.736. The van der Waals surface area contributed by atoms with Crippen molar-refractivity contribution >= 4 is 6.08 Å². The predicted octanol–water partition coefficient (Wildman–Crippen LogP) is 2.19. The molecule has 1 heterocycles. The molecule has 0 aliphatic rings. The Balaban J connectivity index is 3.10. The molecule has 0 N–H and O–H groups in total. The van der Waals surface area contributed by atoms with Gasteiger partial charge in [0.05, 0.1) is 0 Å². The van der Waals surface area contributed by atoms with Crippen LogP contribution in [0.3, 0.4) is 0 Å². The van der Waals surface area contributed by atoms with E-state index in [0.717, 1.165) is 5.82 Å². The van der Waals surface area contributed by atoms with E-state index >= 15 is 0 Å². The molecule has 0 radical (unpaired) electrons. The van der Waals surface area contributed by atoms with Crippen LogP contribution in [0.15, 0.2) is 12.8 Å². The van der Waals surface area contributed by atoms with Gasteiger partial charge in [-0.1, -0.05) is 20.4 Å². The van der Waals surface area contributed by atoms with E-state index in [1.54, 1.807) is 6.08 Å². The van der Waals surface area contributed by atoms with Crippen LogP contribution in [-0.4, -0.2) is 9.55 Å². The van der Waals surface area contributed by atoms with Crippen LogP contribution < -0.4 is 0 Å². The molecule has 0 aliphatic heterocycles. The van der Waals surface area contributed by atoms with Crippen LogP contribution >= 0.6 is 0 Å². The highest BCUT2D eigenvalue weighted by atomic mass is 15.1. The summed E-state index contributed by atoms with van der Waals surface area (Å²) in [6.45, 7) is 7.99. The number of hydrogen-bond acceptors (Lipinski definition) is 1. The summed E-state index contributed by atoms with van der Waals surface area (Å²) in [5.41, 5.74) is 1.25. The quantitative estimate of drug-likeness (QED) is 0.632. The molecule has 2 nitrogen and oxygen atoms in total.